The number of carbonyl (C=O) groups excluding carboxylic acids is 1. The molecule has 1 amide bonds. The van der Waals surface area contributed by atoms with Gasteiger partial charge in [-0.15, -0.1) is 0 Å². The highest BCUT2D eigenvalue weighted by Gasteiger charge is 2.25. The van der Waals surface area contributed by atoms with E-state index < -0.39 is 0 Å². The molecule has 23 heavy (non-hydrogen) atoms. The molecule has 0 unspecified atom stereocenters. The summed E-state index contributed by atoms with van der Waals surface area (Å²) in [5.41, 5.74) is 1.62. The van der Waals surface area contributed by atoms with Crippen LogP contribution in [0.2, 0.25) is 0 Å². The van der Waals surface area contributed by atoms with Crippen LogP contribution in [0.5, 0.6) is 5.75 Å². The number of aromatic nitrogens is 2. The Balaban J connectivity index is 1.85. The first kappa shape index (κ1) is 15.3. The lowest BCUT2D eigenvalue weighted by Crippen LogP contribution is -2.39. The van der Waals surface area contributed by atoms with Gasteiger partial charge in [0.1, 0.15) is 18.2 Å². The maximum Gasteiger partial charge on any atom is 0.253 e. The summed E-state index contributed by atoms with van der Waals surface area (Å²) in [7, 11) is 1.94. The summed E-state index contributed by atoms with van der Waals surface area (Å²) in [5.74, 6) is 1.69. The number of carbonyl (C=O) groups is 1. The number of ether oxygens (including phenoxy) is 1. The molecule has 0 spiro atoms. The van der Waals surface area contributed by atoms with Gasteiger partial charge in [-0.2, -0.15) is 0 Å². The number of para-hydroxylation sites is 1. The highest BCUT2D eigenvalue weighted by molar-refractivity contribution is 5.99. The predicted molar refractivity (Wildman–Crippen MR) is 88.8 cm³/mol. The highest BCUT2D eigenvalue weighted by Crippen LogP contribution is 2.27. The number of rotatable bonds is 4. The van der Waals surface area contributed by atoms with Crippen molar-refractivity contribution in [3.8, 4) is 5.75 Å². The lowest BCUT2D eigenvalue weighted by molar-refractivity contribution is -0.129. The molecule has 1 aromatic carbocycles. The van der Waals surface area contributed by atoms with Crippen LogP contribution in [0.15, 0.2) is 42.2 Å². The zero-order valence-corrected chi connectivity index (χ0v) is 13.7. The maximum absolute atomic E-state index is 12.9. The minimum absolute atomic E-state index is 0.00231. The second-order valence-corrected chi connectivity index (χ2v) is 5.98. The third-order valence-electron chi connectivity index (χ3n) is 4.02. The van der Waals surface area contributed by atoms with Crippen LogP contribution >= 0.6 is 0 Å². The summed E-state index contributed by atoms with van der Waals surface area (Å²) in [6.07, 6.45) is 5.56. The number of hydrogen-bond donors (Lipinski definition) is 0. The Morgan fingerprint density at radius 1 is 1.39 bits per heavy atom. The molecule has 0 fully saturated rings. The van der Waals surface area contributed by atoms with E-state index >= 15 is 0 Å². The van der Waals surface area contributed by atoms with Crippen LogP contribution in [0.3, 0.4) is 0 Å². The van der Waals surface area contributed by atoms with Crippen LogP contribution < -0.4 is 4.74 Å². The molecular formula is C18H21N3O2. The molecule has 0 atom stereocenters. The Hall–Kier alpha value is -2.56. The molecular weight excluding hydrogens is 290 g/mol. The fourth-order valence-corrected chi connectivity index (χ4v) is 2.61. The first-order valence-corrected chi connectivity index (χ1v) is 7.76. The summed E-state index contributed by atoms with van der Waals surface area (Å²) in [6.45, 7) is 4.82. The van der Waals surface area contributed by atoms with Crippen molar-refractivity contribution in [2.24, 2.45) is 7.05 Å². The molecule has 1 aliphatic heterocycles. The largest absolute Gasteiger partial charge is 0.488 e. The van der Waals surface area contributed by atoms with Crippen molar-refractivity contribution in [1.82, 2.24) is 14.5 Å². The monoisotopic (exact) mass is 311 g/mol. The van der Waals surface area contributed by atoms with Gasteiger partial charge in [-0.25, -0.2) is 4.98 Å². The number of amides is 1. The Morgan fingerprint density at radius 2 is 2.17 bits per heavy atom. The van der Waals surface area contributed by atoms with Gasteiger partial charge in [-0.1, -0.05) is 18.2 Å². The number of aryl methyl sites for hydroxylation is 1. The number of fused-ring (bicyclic) bond motifs is 1. The topological polar surface area (TPSA) is 47.4 Å². The fourth-order valence-electron chi connectivity index (χ4n) is 2.61. The predicted octanol–water partition coefficient (Wildman–Crippen LogP) is 2.63. The maximum atomic E-state index is 12.9. The van der Waals surface area contributed by atoms with Gasteiger partial charge in [0.25, 0.3) is 5.91 Å². The molecule has 1 aliphatic rings. The van der Waals surface area contributed by atoms with E-state index in [1.54, 1.807) is 6.20 Å². The molecule has 120 valence electrons. The van der Waals surface area contributed by atoms with Gasteiger partial charge < -0.3 is 14.2 Å². The second kappa shape index (κ2) is 6.28. The SMILES string of the molecule is CC(C)N(Cc1nccn1C)C(=O)C1=Cc2ccccc2OC1. The van der Waals surface area contributed by atoms with E-state index in [1.807, 2.05) is 66.9 Å². The van der Waals surface area contributed by atoms with E-state index in [0.717, 1.165) is 17.1 Å². The summed E-state index contributed by atoms with van der Waals surface area (Å²) in [5, 5.41) is 0. The van der Waals surface area contributed by atoms with Crippen molar-refractivity contribution >= 4 is 12.0 Å². The quantitative estimate of drug-likeness (QED) is 0.872. The third-order valence-corrected chi connectivity index (χ3v) is 4.02. The van der Waals surface area contributed by atoms with Gasteiger partial charge in [0.05, 0.1) is 12.1 Å². The van der Waals surface area contributed by atoms with Gasteiger partial charge >= 0.3 is 0 Å². The van der Waals surface area contributed by atoms with Crippen LogP contribution in [0.25, 0.3) is 6.08 Å². The van der Waals surface area contributed by atoms with Gasteiger partial charge in [-0.05, 0) is 26.0 Å². The van der Waals surface area contributed by atoms with Crippen LogP contribution in [-0.4, -0.2) is 33.0 Å². The normalized spacial score (nSPS) is 13.3. The van der Waals surface area contributed by atoms with E-state index in [4.69, 9.17) is 4.74 Å². The lowest BCUT2D eigenvalue weighted by Gasteiger charge is -2.28. The second-order valence-electron chi connectivity index (χ2n) is 5.98. The summed E-state index contributed by atoms with van der Waals surface area (Å²) in [6, 6.07) is 7.83. The molecule has 0 saturated carbocycles. The summed E-state index contributed by atoms with van der Waals surface area (Å²) in [4.78, 5) is 19.1. The number of nitrogens with zero attached hydrogens (tertiary/aromatic N) is 3. The minimum atomic E-state index is -0.00231. The Kier molecular flexibility index (Phi) is 4.19. The molecule has 5 heteroatoms. The van der Waals surface area contributed by atoms with Crippen molar-refractivity contribution in [2.45, 2.75) is 26.4 Å². The average Bonchev–Trinajstić information content (AvgIpc) is 2.96. The van der Waals surface area contributed by atoms with E-state index in [-0.39, 0.29) is 11.9 Å². The van der Waals surface area contributed by atoms with Crippen LogP contribution in [0.1, 0.15) is 25.2 Å². The van der Waals surface area contributed by atoms with Gasteiger partial charge in [0.15, 0.2) is 0 Å². The molecule has 1 aromatic heterocycles. The molecule has 0 bridgehead atoms. The minimum Gasteiger partial charge on any atom is -0.488 e. The smallest absolute Gasteiger partial charge is 0.253 e. The Morgan fingerprint density at radius 3 is 2.87 bits per heavy atom. The zero-order chi connectivity index (χ0) is 16.4. The lowest BCUT2D eigenvalue weighted by atomic mass is 10.1. The summed E-state index contributed by atoms with van der Waals surface area (Å²) < 4.78 is 7.64. The Bertz CT molecular complexity index is 746. The molecule has 3 rings (SSSR count). The van der Waals surface area contributed by atoms with Crippen molar-refractivity contribution in [3.63, 3.8) is 0 Å². The number of imidazole rings is 1. The van der Waals surface area contributed by atoms with Crippen molar-refractivity contribution in [1.29, 1.82) is 0 Å². The molecule has 0 saturated heterocycles. The molecule has 0 aliphatic carbocycles. The van der Waals surface area contributed by atoms with Gasteiger partial charge in [-0.3, -0.25) is 4.79 Å². The van der Waals surface area contributed by atoms with Crippen LogP contribution in [-0.2, 0) is 18.4 Å². The van der Waals surface area contributed by atoms with Crippen molar-refractivity contribution < 1.29 is 9.53 Å². The number of benzene rings is 1. The van der Waals surface area contributed by atoms with E-state index in [1.165, 1.54) is 0 Å². The van der Waals surface area contributed by atoms with Crippen molar-refractivity contribution in [3.05, 3.63) is 53.6 Å². The van der Waals surface area contributed by atoms with Gasteiger partial charge in [0, 0.05) is 31.0 Å². The summed E-state index contributed by atoms with van der Waals surface area (Å²) >= 11 is 0. The van der Waals surface area contributed by atoms with Crippen LogP contribution in [0, 0.1) is 0 Å². The first-order valence-electron chi connectivity index (χ1n) is 7.76. The molecule has 5 nitrogen and oxygen atoms in total. The molecule has 0 radical (unpaired) electrons. The van der Waals surface area contributed by atoms with E-state index in [0.29, 0.717) is 18.7 Å². The average molecular weight is 311 g/mol. The van der Waals surface area contributed by atoms with E-state index in [2.05, 4.69) is 4.98 Å². The standard InChI is InChI=1S/C18H21N3O2/c1-13(2)21(11-17-19-8-9-20(17)3)18(22)15-10-14-6-4-5-7-16(14)23-12-15/h4-10,13H,11-12H2,1-3H3. The Labute approximate surface area is 136 Å². The zero-order valence-electron chi connectivity index (χ0n) is 13.7. The molecule has 2 aromatic rings. The van der Waals surface area contributed by atoms with Crippen LogP contribution in [0.4, 0.5) is 0 Å². The molecule has 2 heterocycles. The molecule has 0 N–H and O–H groups in total. The van der Waals surface area contributed by atoms with Crippen molar-refractivity contribution in [2.75, 3.05) is 6.61 Å². The van der Waals surface area contributed by atoms with Gasteiger partial charge in [0.2, 0.25) is 0 Å². The fraction of sp³-hybridized carbons (Fsp3) is 0.333. The third kappa shape index (κ3) is 3.13. The highest BCUT2D eigenvalue weighted by atomic mass is 16.5. The van der Waals surface area contributed by atoms with E-state index in [9.17, 15) is 4.79 Å². The number of hydrogen-bond acceptors (Lipinski definition) is 3. The first-order chi connectivity index (χ1) is 11.1.